The van der Waals surface area contributed by atoms with Crippen LogP contribution in [0.5, 0.6) is 0 Å². The Morgan fingerprint density at radius 2 is 2.21 bits per heavy atom. The average molecular weight is 211 g/mol. The molecule has 1 aromatic rings. The van der Waals surface area contributed by atoms with Gasteiger partial charge in [0.05, 0.1) is 7.11 Å². The minimum absolute atomic E-state index is 0.329. The summed E-state index contributed by atoms with van der Waals surface area (Å²) in [5, 5.41) is 0.649. The average Bonchev–Trinajstić information content (AvgIpc) is 2.16. The number of methoxy groups -OCH3 is 1. The number of esters is 1. The summed E-state index contributed by atoms with van der Waals surface area (Å²) < 4.78 is 4.57. The lowest BCUT2D eigenvalue weighted by atomic mass is 10.1. The number of rotatable bonds is 2. The zero-order valence-corrected chi connectivity index (χ0v) is 8.84. The van der Waals surface area contributed by atoms with Gasteiger partial charge in [0.1, 0.15) is 0 Å². The van der Waals surface area contributed by atoms with E-state index >= 15 is 0 Å². The van der Waals surface area contributed by atoms with Gasteiger partial charge in [-0.05, 0) is 30.7 Å². The van der Waals surface area contributed by atoms with E-state index in [9.17, 15) is 4.79 Å². The van der Waals surface area contributed by atoms with Gasteiger partial charge >= 0.3 is 5.97 Å². The van der Waals surface area contributed by atoms with Gasteiger partial charge in [0.25, 0.3) is 0 Å². The van der Waals surface area contributed by atoms with Crippen LogP contribution in [-0.4, -0.2) is 13.1 Å². The minimum Gasteiger partial charge on any atom is -0.466 e. The molecule has 0 aliphatic rings. The molecule has 74 valence electrons. The molecule has 0 bridgehead atoms. The number of benzene rings is 1. The van der Waals surface area contributed by atoms with Crippen LogP contribution in [0.3, 0.4) is 0 Å². The van der Waals surface area contributed by atoms with E-state index in [2.05, 4.69) is 4.74 Å². The van der Waals surface area contributed by atoms with Gasteiger partial charge in [-0.3, -0.25) is 0 Å². The molecule has 2 nitrogen and oxygen atoms in total. The fourth-order valence-electron chi connectivity index (χ4n) is 1.07. The van der Waals surface area contributed by atoms with Crippen molar-refractivity contribution in [1.82, 2.24) is 0 Å². The fraction of sp³-hybridized carbons (Fsp3) is 0.182. The zero-order chi connectivity index (χ0) is 10.6. The minimum atomic E-state index is -0.329. The first kappa shape index (κ1) is 10.8. The summed E-state index contributed by atoms with van der Waals surface area (Å²) >= 11 is 5.80. The zero-order valence-electron chi connectivity index (χ0n) is 8.08. The predicted octanol–water partition coefficient (Wildman–Crippen LogP) is 2.92. The van der Waals surface area contributed by atoms with Crippen molar-refractivity contribution in [1.29, 1.82) is 0 Å². The van der Waals surface area contributed by atoms with Gasteiger partial charge in [-0.25, -0.2) is 4.79 Å². The molecule has 1 aromatic carbocycles. The normalized spacial score (nSPS) is 11.2. The second-order valence-electron chi connectivity index (χ2n) is 2.87. The molecule has 0 N–H and O–H groups in total. The fourth-order valence-corrected chi connectivity index (χ4v) is 1.27. The summed E-state index contributed by atoms with van der Waals surface area (Å²) in [6.45, 7) is 1.70. The smallest absolute Gasteiger partial charge is 0.333 e. The second-order valence-corrected chi connectivity index (χ2v) is 3.31. The largest absolute Gasteiger partial charge is 0.466 e. The first-order valence-electron chi connectivity index (χ1n) is 4.15. The molecule has 3 heteroatoms. The highest BCUT2D eigenvalue weighted by Crippen LogP contribution is 2.13. The highest BCUT2D eigenvalue weighted by molar-refractivity contribution is 6.30. The molecule has 0 saturated heterocycles. The van der Waals surface area contributed by atoms with Crippen molar-refractivity contribution in [3.8, 4) is 0 Å². The van der Waals surface area contributed by atoms with Gasteiger partial charge in [0.2, 0.25) is 0 Å². The molecule has 0 saturated carbocycles. The number of hydrogen-bond acceptors (Lipinski definition) is 2. The van der Waals surface area contributed by atoms with Gasteiger partial charge in [-0.15, -0.1) is 0 Å². The van der Waals surface area contributed by atoms with Gasteiger partial charge in [0, 0.05) is 10.6 Å². The van der Waals surface area contributed by atoms with E-state index in [4.69, 9.17) is 11.6 Å². The van der Waals surface area contributed by atoms with Gasteiger partial charge < -0.3 is 4.74 Å². The molecule has 14 heavy (non-hydrogen) atoms. The summed E-state index contributed by atoms with van der Waals surface area (Å²) in [5.41, 5.74) is 1.44. The Morgan fingerprint density at radius 3 is 2.79 bits per heavy atom. The molecule has 0 radical (unpaired) electrons. The van der Waals surface area contributed by atoms with E-state index in [0.29, 0.717) is 10.6 Å². The topological polar surface area (TPSA) is 26.3 Å². The Balaban J connectivity index is 2.91. The van der Waals surface area contributed by atoms with Crippen molar-refractivity contribution < 1.29 is 9.53 Å². The van der Waals surface area contributed by atoms with Crippen LogP contribution in [0, 0.1) is 0 Å². The van der Waals surface area contributed by atoms with Gasteiger partial charge in [-0.2, -0.15) is 0 Å². The summed E-state index contributed by atoms with van der Waals surface area (Å²) in [7, 11) is 1.36. The standard InChI is InChI=1S/C11H11ClO2/c1-8(11(13)14-2)6-9-4-3-5-10(12)7-9/h3-7H,1-2H3/b8-6+. The Kier molecular flexibility index (Phi) is 3.72. The number of carbonyl (C=O) groups excluding carboxylic acids is 1. The lowest BCUT2D eigenvalue weighted by Crippen LogP contribution is -2.00. The van der Waals surface area contributed by atoms with Crippen molar-refractivity contribution >= 4 is 23.6 Å². The highest BCUT2D eigenvalue weighted by Gasteiger charge is 2.02. The van der Waals surface area contributed by atoms with Crippen molar-refractivity contribution in [2.24, 2.45) is 0 Å². The van der Waals surface area contributed by atoms with Crippen molar-refractivity contribution in [2.45, 2.75) is 6.92 Å². The molecule has 1 rings (SSSR count). The predicted molar refractivity (Wildman–Crippen MR) is 57.1 cm³/mol. The van der Waals surface area contributed by atoms with Crippen LogP contribution >= 0.6 is 11.6 Å². The summed E-state index contributed by atoms with van der Waals surface area (Å²) in [5.74, 6) is -0.329. The first-order chi connectivity index (χ1) is 6.63. The molecule has 0 atom stereocenters. The number of ether oxygens (including phenoxy) is 1. The third-order valence-electron chi connectivity index (χ3n) is 1.74. The maximum Gasteiger partial charge on any atom is 0.333 e. The number of hydrogen-bond donors (Lipinski definition) is 0. The van der Waals surface area contributed by atoms with Crippen LogP contribution in [0.2, 0.25) is 5.02 Å². The van der Waals surface area contributed by atoms with Crippen LogP contribution in [-0.2, 0) is 9.53 Å². The molecule has 0 unspecified atom stereocenters. The third kappa shape index (κ3) is 2.89. The van der Waals surface area contributed by atoms with E-state index in [1.807, 2.05) is 12.1 Å². The maximum atomic E-state index is 11.1. The number of halogens is 1. The molecule has 0 aliphatic carbocycles. The second kappa shape index (κ2) is 4.82. The quantitative estimate of drug-likeness (QED) is 0.554. The maximum absolute atomic E-state index is 11.1. The Morgan fingerprint density at radius 1 is 1.50 bits per heavy atom. The van der Waals surface area contributed by atoms with Crippen LogP contribution in [0.4, 0.5) is 0 Å². The van der Waals surface area contributed by atoms with E-state index in [0.717, 1.165) is 5.56 Å². The van der Waals surface area contributed by atoms with Crippen LogP contribution in [0.1, 0.15) is 12.5 Å². The summed E-state index contributed by atoms with van der Waals surface area (Å²) in [6.07, 6.45) is 1.73. The third-order valence-corrected chi connectivity index (χ3v) is 1.97. The SMILES string of the molecule is COC(=O)/C(C)=C/c1cccc(Cl)c1. The van der Waals surface area contributed by atoms with Crippen LogP contribution in [0.15, 0.2) is 29.8 Å². The van der Waals surface area contributed by atoms with E-state index in [-0.39, 0.29) is 5.97 Å². The van der Waals surface area contributed by atoms with Crippen LogP contribution < -0.4 is 0 Å². The summed E-state index contributed by atoms with van der Waals surface area (Å²) in [4.78, 5) is 11.1. The van der Waals surface area contributed by atoms with Crippen LogP contribution in [0.25, 0.3) is 6.08 Å². The molecule has 0 fully saturated rings. The van der Waals surface area contributed by atoms with E-state index in [1.54, 1.807) is 25.1 Å². The first-order valence-corrected chi connectivity index (χ1v) is 4.53. The Hall–Kier alpha value is -1.28. The monoisotopic (exact) mass is 210 g/mol. The molecule has 0 spiro atoms. The van der Waals surface area contributed by atoms with Crippen molar-refractivity contribution in [3.63, 3.8) is 0 Å². The molecule has 0 amide bonds. The highest BCUT2D eigenvalue weighted by atomic mass is 35.5. The van der Waals surface area contributed by atoms with Gasteiger partial charge in [-0.1, -0.05) is 23.7 Å². The molecule has 0 aromatic heterocycles. The Bertz CT molecular complexity index is 369. The molecular formula is C11H11ClO2. The lowest BCUT2D eigenvalue weighted by molar-refractivity contribution is -0.135. The molecular weight excluding hydrogens is 200 g/mol. The van der Waals surface area contributed by atoms with E-state index in [1.165, 1.54) is 7.11 Å². The Labute approximate surface area is 88.1 Å². The van der Waals surface area contributed by atoms with E-state index < -0.39 is 0 Å². The van der Waals surface area contributed by atoms with Crippen molar-refractivity contribution in [2.75, 3.05) is 7.11 Å². The molecule has 0 heterocycles. The number of carbonyl (C=O) groups is 1. The lowest BCUT2D eigenvalue weighted by Gasteiger charge is -1.99. The van der Waals surface area contributed by atoms with Gasteiger partial charge in [0.15, 0.2) is 0 Å². The summed E-state index contributed by atoms with van der Waals surface area (Å²) in [6, 6.07) is 7.28. The van der Waals surface area contributed by atoms with Crippen molar-refractivity contribution in [3.05, 3.63) is 40.4 Å². The molecule has 0 aliphatic heterocycles.